The number of amidine groups is 2. The van der Waals surface area contributed by atoms with Crippen molar-refractivity contribution in [2.24, 2.45) is 9.98 Å². The molecule has 0 spiro atoms. The van der Waals surface area contributed by atoms with Crippen LogP contribution in [-0.2, 0) is 0 Å². The van der Waals surface area contributed by atoms with Crippen molar-refractivity contribution in [3.05, 3.63) is 23.8 Å². The molecule has 0 aromatic heterocycles. The molecule has 2 aliphatic heterocycles. The number of hydrogen-bond acceptors (Lipinski definition) is 4. The zero-order chi connectivity index (χ0) is 11.1. The van der Waals surface area contributed by atoms with Gasteiger partial charge in [-0.25, -0.2) is 4.99 Å². The molecule has 0 atom stereocenters. The van der Waals surface area contributed by atoms with Gasteiger partial charge in [0.15, 0.2) is 0 Å². The molecule has 0 fully saturated rings. The van der Waals surface area contributed by atoms with Crippen LogP contribution in [0.15, 0.2) is 28.2 Å². The van der Waals surface area contributed by atoms with Crippen molar-refractivity contribution >= 4 is 28.4 Å². The van der Waals surface area contributed by atoms with Crippen LogP contribution in [0.2, 0.25) is 0 Å². The van der Waals surface area contributed by atoms with Crippen LogP contribution < -0.4 is 4.74 Å². The number of benzene rings is 1. The lowest BCUT2D eigenvalue weighted by atomic mass is 10.1. The Hall–Kier alpha value is -1.55. The van der Waals surface area contributed by atoms with Crippen molar-refractivity contribution in [3.63, 3.8) is 0 Å². The molecule has 1 aromatic carbocycles. The molecule has 2 heterocycles. The third-order valence-electron chi connectivity index (χ3n) is 2.72. The number of fused-ring (bicyclic) bond motifs is 3. The lowest BCUT2D eigenvalue weighted by Crippen LogP contribution is -2.34. The fraction of sp³-hybridized carbons (Fsp3) is 0.273. The van der Waals surface area contributed by atoms with Gasteiger partial charge < -0.3 is 4.74 Å². The summed E-state index contributed by atoms with van der Waals surface area (Å²) < 4.78 is 5.34. The number of hydrogen-bond donors (Lipinski definition) is 0. The highest BCUT2D eigenvalue weighted by Gasteiger charge is 2.30. The van der Waals surface area contributed by atoms with E-state index in [-0.39, 0.29) is 0 Å². The SMILES string of the molecule is COc1cccc2c1C1=NCCN1C(Cl)=N2. The zero-order valence-corrected chi connectivity index (χ0v) is 9.53. The fourth-order valence-corrected chi connectivity index (χ4v) is 2.26. The molecule has 0 N–H and O–H groups in total. The van der Waals surface area contributed by atoms with Gasteiger partial charge in [-0.2, -0.15) is 0 Å². The molecule has 0 amide bonds. The number of rotatable bonds is 1. The van der Waals surface area contributed by atoms with Gasteiger partial charge in [0.1, 0.15) is 11.6 Å². The molecule has 0 saturated carbocycles. The van der Waals surface area contributed by atoms with Crippen LogP contribution in [0, 0.1) is 0 Å². The lowest BCUT2D eigenvalue weighted by Gasteiger charge is -2.24. The summed E-state index contributed by atoms with van der Waals surface area (Å²) >= 11 is 6.10. The molecule has 0 unspecified atom stereocenters. The first-order valence-corrected chi connectivity index (χ1v) is 5.42. The topological polar surface area (TPSA) is 37.2 Å². The average Bonchev–Trinajstić information content (AvgIpc) is 2.77. The van der Waals surface area contributed by atoms with Crippen LogP contribution in [0.3, 0.4) is 0 Å². The largest absolute Gasteiger partial charge is 0.496 e. The van der Waals surface area contributed by atoms with Crippen LogP contribution in [0.1, 0.15) is 5.56 Å². The summed E-state index contributed by atoms with van der Waals surface area (Å²) in [5.41, 5.74) is 1.76. The zero-order valence-electron chi connectivity index (χ0n) is 8.77. The molecule has 0 bridgehead atoms. The van der Waals surface area contributed by atoms with Gasteiger partial charge in [0.25, 0.3) is 0 Å². The molecule has 0 saturated heterocycles. The number of ether oxygens (including phenoxy) is 1. The van der Waals surface area contributed by atoms with Crippen LogP contribution in [-0.4, -0.2) is 36.2 Å². The average molecular weight is 236 g/mol. The van der Waals surface area contributed by atoms with Crippen molar-refractivity contribution in [2.75, 3.05) is 20.2 Å². The molecule has 16 heavy (non-hydrogen) atoms. The molecule has 82 valence electrons. The number of halogens is 1. The predicted molar refractivity (Wildman–Crippen MR) is 64.1 cm³/mol. The van der Waals surface area contributed by atoms with Gasteiger partial charge in [-0.05, 0) is 23.7 Å². The predicted octanol–water partition coefficient (Wildman–Crippen LogP) is 2.00. The van der Waals surface area contributed by atoms with Crippen molar-refractivity contribution < 1.29 is 4.74 Å². The summed E-state index contributed by atoms with van der Waals surface area (Å²) in [6.45, 7) is 1.54. The van der Waals surface area contributed by atoms with Gasteiger partial charge in [-0.1, -0.05) is 6.07 Å². The molecule has 5 heteroatoms. The summed E-state index contributed by atoms with van der Waals surface area (Å²) in [5.74, 6) is 1.66. The molecular weight excluding hydrogens is 226 g/mol. The highest BCUT2D eigenvalue weighted by molar-refractivity contribution is 6.66. The Morgan fingerprint density at radius 2 is 2.31 bits per heavy atom. The summed E-state index contributed by atoms with van der Waals surface area (Å²) in [6, 6.07) is 5.72. The Morgan fingerprint density at radius 1 is 1.44 bits per heavy atom. The maximum absolute atomic E-state index is 6.10. The van der Waals surface area contributed by atoms with Crippen LogP contribution in [0.4, 0.5) is 5.69 Å². The van der Waals surface area contributed by atoms with E-state index >= 15 is 0 Å². The monoisotopic (exact) mass is 235 g/mol. The maximum Gasteiger partial charge on any atom is 0.204 e. The number of aliphatic imine (C=N–C) groups is 2. The quantitative estimate of drug-likeness (QED) is 0.699. The number of methoxy groups -OCH3 is 1. The first-order valence-electron chi connectivity index (χ1n) is 5.05. The molecule has 4 nitrogen and oxygen atoms in total. The maximum atomic E-state index is 6.10. The minimum atomic E-state index is 0.483. The van der Waals surface area contributed by atoms with E-state index in [0.717, 1.165) is 35.9 Å². The van der Waals surface area contributed by atoms with Gasteiger partial charge in [0, 0.05) is 6.54 Å². The minimum absolute atomic E-state index is 0.483. The minimum Gasteiger partial charge on any atom is -0.496 e. The molecule has 0 aliphatic carbocycles. The molecule has 3 rings (SSSR count). The van der Waals surface area contributed by atoms with Crippen molar-refractivity contribution in [2.45, 2.75) is 0 Å². The van der Waals surface area contributed by atoms with E-state index in [1.807, 2.05) is 23.1 Å². The summed E-state index contributed by atoms with van der Waals surface area (Å²) in [6.07, 6.45) is 0. The normalized spacial score (nSPS) is 17.5. The van der Waals surface area contributed by atoms with E-state index in [1.54, 1.807) is 7.11 Å². The molecular formula is C11H10ClN3O. The first-order chi connectivity index (χ1) is 7.81. The second kappa shape index (κ2) is 3.49. The van der Waals surface area contributed by atoms with Crippen molar-refractivity contribution in [3.8, 4) is 5.75 Å². The molecule has 2 aliphatic rings. The third kappa shape index (κ3) is 1.23. The van der Waals surface area contributed by atoms with E-state index in [1.165, 1.54) is 0 Å². The van der Waals surface area contributed by atoms with Crippen LogP contribution in [0.25, 0.3) is 0 Å². The first kappa shape index (κ1) is 9.66. The van der Waals surface area contributed by atoms with Crippen molar-refractivity contribution in [1.82, 2.24) is 4.90 Å². The highest BCUT2D eigenvalue weighted by Crippen LogP contribution is 2.35. The second-order valence-corrected chi connectivity index (χ2v) is 3.93. The van der Waals surface area contributed by atoms with E-state index in [0.29, 0.717) is 5.29 Å². The van der Waals surface area contributed by atoms with Crippen molar-refractivity contribution in [1.29, 1.82) is 0 Å². The Labute approximate surface area is 98.2 Å². The third-order valence-corrected chi connectivity index (χ3v) is 3.01. The summed E-state index contributed by atoms with van der Waals surface area (Å²) in [5, 5.41) is 0.483. The van der Waals surface area contributed by atoms with Gasteiger partial charge in [0.2, 0.25) is 5.29 Å². The van der Waals surface area contributed by atoms with E-state index < -0.39 is 0 Å². The molecule has 0 radical (unpaired) electrons. The lowest BCUT2D eigenvalue weighted by molar-refractivity contribution is 0.413. The smallest absolute Gasteiger partial charge is 0.204 e. The molecule has 1 aromatic rings. The Balaban J connectivity index is 2.27. The fourth-order valence-electron chi connectivity index (χ4n) is 2.01. The Bertz CT molecular complexity index is 510. The summed E-state index contributed by atoms with van der Waals surface area (Å²) in [4.78, 5) is 10.7. The van der Waals surface area contributed by atoms with E-state index in [2.05, 4.69) is 9.98 Å². The van der Waals surface area contributed by atoms with E-state index in [4.69, 9.17) is 16.3 Å². The summed E-state index contributed by atoms with van der Waals surface area (Å²) in [7, 11) is 1.65. The Morgan fingerprint density at radius 3 is 3.12 bits per heavy atom. The van der Waals surface area contributed by atoms with Crippen LogP contribution >= 0.6 is 11.6 Å². The van der Waals surface area contributed by atoms with Gasteiger partial charge in [-0.15, -0.1) is 0 Å². The van der Waals surface area contributed by atoms with Gasteiger partial charge in [0.05, 0.1) is 24.9 Å². The standard InChI is InChI=1S/C11H10ClN3O/c1-16-8-4-2-3-7-9(8)10-13-5-6-15(10)11(12)14-7/h2-4H,5-6H2,1H3. The van der Waals surface area contributed by atoms with E-state index in [9.17, 15) is 0 Å². The van der Waals surface area contributed by atoms with Gasteiger partial charge in [-0.3, -0.25) is 9.89 Å². The Kier molecular flexibility index (Phi) is 2.11. The van der Waals surface area contributed by atoms with Crippen LogP contribution in [0.5, 0.6) is 5.75 Å². The number of nitrogens with zero attached hydrogens (tertiary/aromatic N) is 3. The second-order valence-electron chi connectivity index (χ2n) is 3.59. The highest BCUT2D eigenvalue weighted by atomic mass is 35.5. The van der Waals surface area contributed by atoms with Gasteiger partial charge >= 0.3 is 0 Å².